The van der Waals surface area contributed by atoms with Gasteiger partial charge in [-0.2, -0.15) is 0 Å². The molecule has 1 aliphatic rings. The highest BCUT2D eigenvalue weighted by atomic mass is 16.4. The number of nitrogens with one attached hydrogen (secondary N) is 4. The standard InChI is InChI=1S/C31H52N6O11/c1-7-15(4)23(34-26(42)18(32)13-21(38)39)28(44)35-24(16(5)8-2)29(45)36-25(17(6)9-3)30(46)37-12-10-11-20(37)27(43)33-19(31(47)48)14-22(40)41/h15-20,23-25H,7-14,32H2,1-6H3,(H,33,43)(H,34,42)(H,35,44)(H,36,45)(H,38,39)(H,40,41)(H,47,48). The molecule has 5 amide bonds. The molecule has 0 radical (unpaired) electrons. The number of nitrogens with zero attached hydrogens (tertiary/aromatic N) is 1. The third-order valence-electron chi connectivity index (χ3n) is 8.93. The van der Waals surface area contributed by atoms with Crippen LogP contribution in [-0.4, -0.2) is 110 Å². The highest BCUT2D eigenvalue weighted by molar-refractivity contribution is 5.97. The van der Waals surface area contributed by atoms with Crippen LogP contribution in [0.25, 0.3) is 0 Å². The summed E-state index contributed by atoms with van der Waals surface area (Å²) < 4.78 is 0. The van der Waals surface area contributed by atoms with Crippen molar-refractivity contribution in [2.75, 3.05) is 6.54 Å². The summed E-state index contributed by atoms with van der Waals surface area (Å²) in [5.41, 5.74) is 5.69. The monoisotopic (exact) mass is 684 g/mol. The summed E-state index contributed by atoms with van der Waals surface area (Å²) >= 11 is 0. The maximum atomic E-state index is 13.9. The second-order valence-corrected chi connectivity index (χ2v) is 12.5. The lowest BCUT2D eigenvalue weighted by Crippen LogP contribution is -2.62. The van der Waals surface area contributed by atoms with Crippen LogP contribution in [0.15, 0.2) is 0 Å². The molecule has 17 nitrogen and oxygen atoms in total. The number of likely N-dealkylation sites (tertiary alicyclic amines) is 1. The van der Waals surface area contributed by atoms with Gasteiger partial charge in [-0.15, -0.1) is 0 Å². The first-order chi connectivity index (χ1) is 22.4. The Balaban J connectivity index is 3.26. The molecule has 17 heteroatoms. The quantitative estimate of drug-likeness (QED) is 0.0800. The maximum absolute atomic E-state index is 13.9. The average molecular weight is 685 g/mol. The summed E-state index contributed by atoms with van der Waals surface area (Å²) in [4.78, 5) is 102. The van der Waals surface area contributed by atoms with E-state index in [0.29, 0.717) is 25.7 Å². The van der Waals surface area contributed by atoms with Crippen LogP contribution in [-0.2, 0) is 38.4 Å². The molecule has 0 aromatic rings. The van der Waals surface area contributed by atoms with Gasteiger partial charge in [0.2, 0.25) is 29.5 Å². The Morgan fingerprint density at radius 2 is 1.12 bits per heavy atom. The van der Waals surface area contributed by atoms with E-state index in [1.54, 1.807) is 41.5 Å². The fraction of sp³-hybridized carbons (Fsp3) is 0.742. The van der Waals surface area contributed by atoms with E-state index in [9.17, 15) is 43.5 Å². The minimum Gasteiger partial charge on any atom is -0.481 e. The minimum atomic E-state index is -1.70. The number of aliphatic carboxylic acids is 3. The largest absolute Gasteiger partial charge is 0.481 e. The fourth-order valence-corrected chi connectivity index (χ4v) is 5.24. The molecule has 48 heavy (non-hydrogen) atoms. The molecule has 1 aliphatic heterocycles. The van der Waals surface area contributed by atoms with Crippen molar-refractivity contribution >= 4 is 47.4 Å². The lowest BCUT2D eigenvalue weighted by molar-refractivity contribution is -0.148. The van der Waals surface area contributed by atoms with E-state index in [2.05, 4.69) is 21.3 Å². The van der Waals surface area contributed by atoms with Gasteiger partial charge in [-0.25, -0.2) is 4.79 Å². The normalized spacial score (nSPS) is 19.3. The lowest BCUT2D eigenvalue weighted by atomic mass is 9.93. The number of carbonyl (C=O) groups excluding carboxylic acids is 5. The van der Waals surface area contributed by atoms with E-state index in [1.165, 1.54) is 4.90 Å². The summed E-state index contributed by atoms with van der Waals surface area (Å²) in [6.07, 6.45) is 0.443. The van der Waals surface area contributed by atoms with Crippen LogP contribution in [0, 0.1) is 17.8 Å². The van der Waals surface area contributed by atoms with Gasteiger partial charge in [0.05, 0.1) is 18.9 Å². The van der Waals surface area contributed by atoms with Gasteiger partial charge in [-0.3, -0.25) is 33.6 Å². The Morgan fingerprint density at radius 3 is 1.56 bits per heavy atom. The van der Waals surface area contributed by atoms with Crippen LogP contribution in [0.2, 0.25) is 0 Å². The van der Waals surface area contributed by atoms with Gasteiger partial charge in [0.15, 0.2) is 0 Å². The minimum absolute atomic E-state index is 0.141. The number of nitrogens with two attached hydrogens (primary N) is 1. The zero-order valence-electron chi connectivity index (χ0n) is 28.5. The predicted molar refractivity (Wildman–Crippen MR) is 171 cm³/mol. The molecule has 0 bridgehead atoms. The number of carboxylic acids is 3. The van der Waals surface area contributed by atoms with Crippen LogP contribution in [0.3, 0.4) is 0 Å². The number of rotatable bonds is 20. The van der Waals surface area contributed by atoms with Gasteiger partial charge in [-0.1, -0.05) is 60.8 Å². The Bertz CT molecular complexity index is 1200. The van der Waals surface area contributed by atoms with Gasteiger partial charge in [0, 0.05) is 6.54 Å². The number of carbonyl (C=O) groups is 8. The van der Waals surface area contributed by atoms with Crippen LogP contribution in [0.4, 0.5) is 0 Å². The second-order valence-electron chi connectivity index (χ2n) is 12.5. The number of hydrogen-bond donors (Lipinski definition) is 8. The van der Waals surface area contributed by atoms with Gasteiger partial charge in [0.25, 0.3) is 0 Å². The molecule has 9 atom stereocenters. The molecule has 9 unspecified atom stereocenters. The summed E-state index contributed by atoms with van der Waals surface area (Å²) in [5, 5.41) is 37.5. The molecule has 272 valence electrons. The molecule has 1 rings (SSSR count). The molecule has 1 saturated heterocycles. The first kappa shape index (κ1) is 41.7. The molecule has 0 aromatic carbocycles. The van der Waals surface area contributed by atoms with Crippen LogP contribution in [0.1, 0.15) is 86.5 Å². The Morgan fingerprint density at radius 1 is 0.688 bits per heavy atom. The van der Waals surface area contributed by atoms with Gasteiger partial charge in [-0.05, 0) is 30.6 Å². The molecule has 1 fully saturated rings. The molecule has 0 aliphatic carbocycles. The van der Waals surface area contributed by atoms with Crippen molar-refractivity contribution in [1.29, 1.82) is 0 Å². The first-order valence-corrected chi connectivity index (χ1v) is 16.3. The third-order valence-corrected chi connectivity index (χ3v) is 8.93. The van der Waals surface area contributed by atoms with E-state index in [4.69, 9.17) is 15.9 Å². The Kier molecular flexibility index (Phi) is 17.0. The highest BCUT2D eigenvalue weighted by Gasteiger charge is 2.42. The zero-order valence-corrected chi connectivity index (χ0v) is 28.5. The molecular formula is C31H52N6O11. The molecule has 1 heterocycles. The second kappa shape index (κ2) is 19.5. The summed E-state index contributed by atoms with van der Waals surface area (Å²) in [6.45, 7) is 10.7. The van der Waals surface area contributed by atoms with Crippen molar-refractivity contribution in [2.45, 2.75) is 123 Å². The molecule has 0 spiro atoms. The molecule has 0 aromatic heterocycles. The van der Waals surface area contributed by atoms with Crippen molar-refractivity contribution in [3.05, 3.63) is 0 Å². The van der Waals surface area contributed by atoms with Crippen molar-refractivity contribution in [1.82, 2.24) is 26.2 Å². The smallest absolute Gasteiger partial charge is 0.326 e. The third kappa shape index (κ3) is 12.1. The highest BCUT2D eigenvalue weighted by Crippen LogP contribution is 2.22. The van der Waals surface area contributed by atoms with E-state index < -0.39 is 114 Å². The van der Waals surface area contributed by atoms with E-state index in [1.807, 2.05) is 0 Å². The fourth-order valence-electron chi connectivity index (χ4n) is 5.24. The average Bonchev–Trinajstić information content (AvgIpc) is 3.52. The zero-order chi connectivity index (χ0) is 36.9. The van der Waals surface area contributed by atoms with E-state index >= 15 is 0 Å². The van der Waals surface area contributed by atoms with Crippen molar-refractivity contribution in [3.8, 4) is 0 Å². The first-order valence-electron chi connectivity index (χ1n) is 16.3. The molecular weight excluding hydrogens is 632 g/mol. The number of hydrogen-bond acceptors (Lipinski definition) is 9. The SMILES string of the molecule is CCC(C)C(NC(=O)C(N)CC(=O)O)C(=O)NC(C(=O)NC(C(=O)N1CCCC1C(=O)NC(CC(=O)O)C(=O)O)C(C)CC)C(C)CC. The van der Waals surface area contributed by atoms with E-state index in [0.717, 1.165) is 0 Å². The molecule has 0 saturated carbocycles. The summed E-state index contributed by atoms with van der Waals surface area (Å²) in [5.74, 6) is -9.17. The maximum Gasteiger partial charge on any atom is 0.326 e. The predicted octanol–water partition coefficient (Wildman–Crippen LogP) is -0.584. The molecule has 9 N–H and O–H groups in total. The summed E-state index contributed by atoms with van der Waals surface area (Å²) in [7, 11) is 0. The Hall–Kier alpha value is -4.28. The van der Waals surface area contributed by atoms with E-state index in [-0.39, 0.29) is 13.0 Å². The van der Waals surface area contributed by atoms with Gasteiger partial charge < -0.3 is 47.2 Å². The summed E-state index contributed by atoms with van der Waals surface area (Å²) in [6, 6.07) is -7.62. The van der Waals surface area contributed by atoms with Crippen LogP contribution >= 0.6 is 0 Å². The van der Waals surface area contributed by atoms with Crippen molar-refractivity contribution < 1.29 is 53.7 Å². The lowest BCUT2D eigenvalue weighted by Gasteiger charge is -2.34. The van der Waals surface area contributed by atoms with Gasteiger partial charge >= 0.3 is 17.9 Å². The van der Waals surface area contributed by atoms with Crippen molar-refractivity contribution in [3.63, 3.8) is 0 Å². The van der Waals surface area contributed by atoms with Crippen LogP contribution < -0.4 is 27.0 Å². The van der Waals surface area contributed by atoms with Gasteiger partial charge in [0.1, 0.15) is 30.2 Å². The van der Waals surface area contributed by atoms with Crippen molar-refractivity contribution in [2.24, 2.45) is 23.5 Å². The van der Waals surface area contributed by atoms with Crippen LogP contribution in [0.5, 0.6) is 0 Å². The topological polar surface area (TPSA) is 275 Å². The number of amides is 5. The number of carboxylic acid groups (broad SMARTS) is 3. The Labute approximate surface area is 280 Å².